The van der Waals surface area contributed by atoms with E-state index in [2.05, 4.69) is 10.4 Å². The van der Waals surface area contributed by atoms with Crippen molar-refractivity contribution in [2.75, 3.05) is 6.61 Å². The van der Waals surface area contributed by atoms with E-state index in [1.807, 2.05) is 68.4 Å². The number of amides is 1. The fourth-order valence-electron chi connectivity index (χ4n) is 3.45. The molecule has 0 saturated carbocycles. The van der Waals surface area contributed by atoms with Crippen LogP contribution in [0.15, 0.2) is 85.1 Å². The van der Waals surface area contributed by atoms with E-state index in [1.165, 1.54) is 12.1 Å². The molecule has 3 aromatic carbocycles. The Morgan fingerprint density at radius 1 is 1.03 bits per heavy atom. The molecule has 0 aliphatic rings. The highest BCUT2D eigenvalue weighted by atomic mass is 19.1. The first-order valence-electron chi connectivity index (χ1n) is 10.5. The lowest BCUT2D eigenvalue weighted by Crippen LogP contribution is -2.26. The van der Waals surface area contributed by atoms with Crippen LogP contribution in [0.3, 0.4) is 0 Å². The molecule has 0 radical (unpaired) electrons. The van der Waals surface area contributed by atoms with Crippen molar-refractivity contribution in [2.45, 2.75) is 19.9 Å². The Morgan fingerprint density at radius 2 is 1.72 bits per heavy atom. The number of carbonyl (C=O) groups excluding carboxylic acids is 1. The predicted octanol–water partition coefficient (Wildman–Crippen LogP) is 5.57. The van der Waals surface area contributed by atoms with Gasteiger partial charge in [0.25, 0.3) is 5.91 Å². The first-order chi connectivity index (χ1) is 15.5. The minimum atomic E-state index is -0.341. The molecule has 0 saturated heterocycles. The van der Waals surface area contributed by atoms with Crippen LogP contribution < -0.4 is 10.1 Å². The zero-order chi connectivity index (χ0) is 22.5. The summed E-state index contributed by atoms with van der Waals surface area (Å²) in [5.41, 5.74) is 3.36. The van der Waals surface area contributed by atoms with Crippen LogP contribution in [-0.4, -0.2) is 22.3 Å². The van der Waals surface area contributed by atoms with E-state index in [0.29, 0.717) is 23.4 Å². The highest BCUT2D eigenvalue weighted by molar-refractivity contribution is 6.00. The second-order valence-corrected chi connectivity index (χ2v) is 7.38. The second-order valence-electron chi connectivity index (χ2n) is 7.38. The molecule has 0 aliphatic heterocycles. The van der Waals surface area contributed by atoms with Gasteiger partial charge in [0.1, 0.15) is 17.3 Å². The van der Waals surface area contributed by atoms with Gasteiger partial charge in [0.05, 0.1) is 23.9 Å². The number of ether oxygens (including phenoxy) is 1. The highest BCUT2D eigenvalue weighted by Gasteiger charge is 2.20. The van der Waals surface area contributed by atoms with Gasteiger partial charge in [-0.15, -0.1) is 0 Å². The van der Waals surface area contributed by atoms with Crippen LogP contribution in [0.5, 0.6) is 5.75 Å². The quantitative estimate of drug-likeness (QED) is 0.418. The average molecular weight is 429 g/mol. The molecule has 1 N–H and O–H groups in total. The third-order valence-corrected chi connectivity index (χ3v) is 5.14. The molecule has 4 rings (SSSR count). The summed E-state index contributed by atoms with van der Waals surface area (Å²) in [4.78, 5) is 13.2. The third kappa shape index (κ3) is 4.70. The fraction of sp³-hybridized carbons (Fsp3) is 0.154. The molecular formula is C26H24FN3O2. The largest absolute Gasteiger partial charge is 0.494 e. The number of para-hydroxylation sites is 1. The zero-order valence-corrected chi connectivity index (χ0v) is 18.0. The first kappa shape index (κ1) is 21.3. The lowest BCUT2D eigenvalue weighted by atomic mass is 10.1. The van der Waals surface area contributed by atoms with Crippen molar-refractivity contribution in [3.8, 4) is 22.7 Å². The van der Waals surface area contributed by atoms with Crippen molar-refractivity contribution < 1.29 is 13.9 Å². The maximum absolute atomic E-state index is 13.5. The topological polar surface area (TPSA) is 56.1 Å². The van der Waals surface area contributed by atoms with E-state index < -0.39 is 0 Å². The van der Waals surface area contributed by atoms with E-state index in [0.717, 1.165) is 17.0 Å². The summed E-state index contributed by atoms with van der Waals surface area (Å²) in [6, 6.07) is 22.9. The SMILES string of the molecule is CCOc1ccc(C(C)NC(=O)c2cn(-c3ccccc3)nc2-c2ccc(F)cc2)cc1. The molecule has 32 heavy (non-hydrogen) atoms. The second kappa shape index (κ2) is 9.47. The van der Waals surface area contributed by atoms with Crippen LogP contribution >= 0.6 is 0 Å². The van der Waals surface area contributed by atoms with Crippen molar-refractivity contribution in [1.82, 2.24) is 15.1 Å². The molecule has 1 heterocycles. The Labute approximate surface area is 186 Å². The summed E-state index contributed by atoms with van der Waals surface area (Å²) < 4.78 is 20.6. The van der Waals surface area contributed by atoms with E-state index in [-0.39, 0.29) is 17.8 Å². The van der Waals surface area contributed by atoms with E-state index in [9.17, 15) is 9.18 Å². The van der Waals surface area contributed by atoms with Crippen LogP contribution in [0.2, 0.25) is 0 Å². The van der Waals surface area contributed by atoms with Gasteiger partial charge >= 0.3 is 0 Å². The number of nitrogens with one attached hydrogen (secondary N) is 1. The summed E-state index contributed by atoms with van der Waals surface area (Å²) in [7, 11) is 0. The standard InChI is InChI=1S/C26H24FN3O2/c1-3-32-23-15-11-19(12-16-23)18(2)28-26(31)24-17-30(22-7-5-4-6-8-22)29-25(24)20-9-13-21(27)14-10-20/h4-18H,3H2,1-2H3,(H,28,31). The molecule has 0 aliphatic carbocycles. The molecule has 0 spiro atoms. The molecular weight excluding hydrogens is 405 g/mol. The van der Waals surface area contributed by atoms with Gasteiger partial charge in [-0.05, 0) is 67.9 Å². The maximum atomic E-state index is 13.5. The summed E-state index contributed by atoms with van der Waals surface area (Å²) in [6.45, 7) is 4.46. The monoisotopic (exact) mass is 429 g/mol. The third-order valence-electron chi connectivity index (χ3n) is 5.14. The lowest BCUT2D eigenvalue weighted by Gasteiger charge is -2.15. The molecule has 1 unspecified atom stereocenters. The van der Waals surface area contributed by atoms with E-state index in [4.69, 9.17) is 4.74 Å². The number of rotatable bonds is 7. The average Bonchev–Trinajstić information content (AvgIpc) is 3.26. The van der Waals surface area contributed by atoms with Crippen molar-refractivity contribution in [3.05, 3.63) is 102 Å². The van der Waals surface area contributed by atoms with Crippen LogP contribution in [0.4, 0.5) is 4.39 Å². The van der Waals surface area contributed by atoms with Crippen molar-refractivity contribution in [3.63, 3.8) is 0 Å². The molecule has 0 bridgehead atoms. The first-order valence-corrected chi connectivity index (χ1v) is 10.5. The predicted molar refractivity (Wildman–Crippen MR) is 122 cm³/mol. The Bertz CT molecular complexity index is 1190. The summed E-state index contributed by atoms with van der Waals surface area (Å²) in [5, 5.41) is 7.67. The number of nitrogens with zero attached hydrogens (tertiary/aromatic N) is 2. The molecule has 4 aromatic rings. The minimum Gasteiger partial charge on any atom is -0.494 e. The van der Waals surface area contributed by atoms with Crippen molar-refractivity contribution in [2.24, 2.45) is 0 Å². The van der Waals surface area contributed by atoms with Crippen LogP contribution in [0, 0.1) is 5.82 Å². The Kier molecular flexibility index (Phi) is 6.31. The molecule has 0 fully saturated rings. The number of benzene rings is 3. The Balaban J connectivity index is 1.64. The van der Waals surface area contributed by atoms with E-state index >= 15 is 0 Å². The lowest BCUT2D eigenvalue weighted by molar-refractivity contribution is 0.0940. The van der Waals surface area contributed by atoms with Gasteiger partial charge in [0, 0.05) is 11.8 Å². The van der Waals surface area contributed by atoms with Gasteiger partial charge < -0.3 is 10.1 Å². The maximum Gasteiger partial charge on any atom is 0.255 e. The molecule has 1 atom stereocenters. The van der Waals surface area contributed by atoms with Gasteiger partial charge in [0.15, 0.2) is 0 Å². The highest BCUT2D eigenvalue weighted by Crippen LogP contribution is 2.25. The normalized spacial score (nSPS) is 11.7. The van der Waals surface area contributed by atoms with Gasteiger partial charge in [-0.3, -0.25) is 4.79 Å². The summed E-state index contributed by atoms with van der Waals surface area (Å²) in [5.74, 6) is 0.191. The number of aromatic nitrogens is 2. The zero-order valence-electron chi connectivity index (χ0n) is 18.0. The number of carbonyl (C=O) groups is 1. The fourth-order valence-corrected chi connectivity index (χ4v) is 3.45. The smallest absolute Gasteiger partial charge is 0.255 e. The van der Waals surface area contributed by atoms with Crippen molar-refractivity contribution in [1.29, 1.82) is 0 Å². The molecule has 5 nitrogen and oxygen atoms in total. The molecule has 1 aromatic heterocycles. The van der Waals surface area contributed by atoms with Gasteiger partial charge in [0.2, 0.25) is 0 Å². The minimum absolute atomic E-state index is 0.223. The van der Waals surface area contributed by atoms with E-state index in [1.54, 1.807) is 23.0 Å². The molecule has 162 valence electrons. The Morgan fingerprint density at radius 3 is 2.38 bits per heavy atom. The Hall–Kier alpha value is -3.93. The molecule has 1 amide bonds. The van der Waals surface area contributed by atoms with Crippen LogP contribution in [0.25, 0.3) is 16.9 Å². The van der Waals surface area contributed by atoms with Gasteiger partial charge in [-0.1, -0.05) is 30.3 Å². The van der Waals surface area contributed by atoms with Crippen LogP contribution in [0.1, 0.15) is 35.8 Å². The summed E-state index contributed by atoms with van der Waals surface area (Å²) >= 11 is 0. The summed E-state index contributed by atoms with van der Waals surface area (Å²) in [6.07, 6.45) is 1.70. The van der Waals surface area contributed by atoms with Gasteiger partial charge in [-0.25, -0.2) is 9.07 Å². The van der Waals surface area contributed by atoms with Crippen molar-refractivity contribution >= 4 is 5.91 Å². The number of halogens is 1. The number of hydrogen-bond acceptors (Lipinski definition) is 3. The van der Waals surface area contributed by atoms with Gasteiger partial charge in [-0.2, -0.15) is 5.10 Å². The molecule has 6 heteroatoms. The van der Waals surface area contributed by atoms with Crippen LogP contribution in [-0.2, 0) is 0 Å². The number of hydrogen-bond donors (Lipinski definition) is 1.